The van der Waals surface area contributed by atoms with Crippen LogP contribution in [0.1, 0.15) is 56.9 Å². The van der Waals surface area contributed by atoms with Gasteiger partial charge in [-0.3, -0.25) is 39.0 Å². The zero-order valence-electron chi connectivity index (χ0n) is 31.4. The first-order valence-electron chi connectivity index (χ1n) is 18.9. The molecule has 4 saturated heterocycles. The number of aromatic nitrogens is 2. The van der Waals surface area contributed by atoms with Crippen molar-refractivity contribution in [2.75, 3.05) is 86.5 Å². The lowest BCUT2D eigenvalue weighted by Crippen LogP contribution is -2.72. The molecule has 17 heteroatoms. The van der Waals surface area contributed by atoms with Crippen LogP contribution in [0.25, 0.3) is 0 Å². The highest BCUT2D eigenvalue weighted by Crippen LogP contribution is 2.44. The molecule has 2 atom stereocenters. The molecule has 0 radical (unpaired) electrons. The van der Waals surface area contributed by atoms with Crippen LogP contribution in [0.3, 0.4) is 0 Å². The van der Waals surface area contributed by atoms with Gasteiger partial charge in [-0.25, -0.2) is 9.97 Å². The summed E-state index contributed by atoms with van der Waals surface area (Å²) in [6, 6.07) is 12.2. The number of fused-ring (bicyclic) bond motifs is 1. The molecular weight excluding hydrogens is 718 g/mol. The highest BCUT2D eigenvalue weighted by atomic mass is 16.2. The number of nitrogens with one attached hydrogen (secondary N) is 2. The lowest BCUT2D eigenvalue weighted by atomic mass is 9.72. The third kappa shape index (κ3) is 6.86. The molecule has 6 heterocycles. The summed E-state index contributed by atoms with van der Waals surface area (Å²) < 4.78 is 0. The van der Waals surface area contributed by atoms with E-state index in [9.17, 15) is 28.8 Å². The van der Waals surface area contributed by atoms with Crippen molar-refractivity contribution < 1.29 is 28.8 Å². The molecule has 0 saturated carbocycles. The van der Waals surface area contributed by atoms with E-state index in [0.29, 0.717) is 18.9 Å². The molecule has 8 rings (SSSR count). The van der Waals surface area contributed by atoms with E-state index in [1.54, 1.807) is 18.3 Å². The third-order valence-electron chi connectivity index (χ3n) is 11.5. The van der Waals surface area contributed by atoms with Crippen molar-refractivity contribution in [2.24, 2.45) is 11.1 Å². The fourth-order valence-electron chi connectivity index (χ4n) is 8.51. The summed E-state index contributed by atoms with van der Waals surface area (Å²) in [6.45, 7) is 6.08. The van der Waals surface area contributed by atoms with Crippen molar-refractivity contribution in [1.29, 1.82) is 0 Å². The first kappa shape index (κ1) is 36.9. The van der Waals surface area contributed by atoms with E-state index < -0.39 is 35.6 Å². The second kappa shape index (κ2) is 14.5. The van der Waals surface area contributed by atoms with Gasteiger partial charge in [0.1, 0.15) is 11.9 Å². The number of anilines is 5. The summed E-state index contributed by atoms with van der Waals surface area (Å²) in [4.78, 5) is 95.3. The fraction of sp³-hybridized carbons (Fsp3) is 0.436. The predicted octanol–water partition coefficient (Wildman–Crippen LogP) is 1.04. The van der Waals surface area contributed by atoms with Crippen LogP contribution < -0.4 is 31.1 Å². The van der Waals surface area contributed by atoms with Crippen molar-refractivity contribution in [3.05, 3.63) is 65.5 Å². The Hall–Kier alpha value is -6.10. The van der Waals surface area contributed by atoms with Crippen molar-refractivity contribution in [3.8, 4) is 0 Å². The number of benzene rings is 2. The topological polar surface area (TPSA) is 198 Å². The number of hydrogen-bond acceptors (Lipinski definition) is 13. The van der Waals surface area contributed by atoms with E-state index in [2.05, 4.69) is 35.2 Å². The van der Waals surface area contributed by atoms with Crippen molar-refractivity contribution in [1.82, 2.24) is 30.0 Å². The molecule has 0 aliphatic carbocycles. The minimum Gasteiger partial charge on any atom is -0.370 e. The van der Waals surface area contributed by atoms with Gasteiger partial charge in [-0.05, 0) is 75.8 Å². The van der Waals surface area contributed by atoms with Crippen LogP contribution in [0.5, 0.6) is 0 Å². The minimum atomic E-state index is -0.993. The molecular formula is C39H45N11O6. The Morgan fingerprint density at radius 2 is 1.64 bits per heavy atom. The van der Waals surface area contributed by atoms with Gasteiger partial charge in [-0.2, -0.15) is 0 Å². The number of hydrogen-bond donors (Lipinski definition) is 3. The van der Waals surface area contributed by atoms with Gasteiger partial charge in [0.25, 0.3) is 17.7 Å². The number of carbonyl (C=O) groups is 6. The number of amides is 6. The van der Waals surface area contributed by atoms with Crippen LogP contribution in [-0.4, -0.2) is 139 Å². The van der Waals surface area contributed by atoms with Crippen LogP contribution in [0.15, 0.2) is 48.7 Å². The van der Waals surface area contributed by atoms with E-state index in [1.807, 2.05) is 49.3 Å². The summed E-state index contributed by atoms with van der Waals surface area (Å²) in [5.41, 5.74) is 9.00. The summed E-state index contributed by atoms with van der Waals surface area (Å²) in [5, 5.41) is 5.47. The standard InChI is InChI=1S/C39H45N11O6/c1-45(2)14-15-47(23-51)27-4-3-13-46(18-27)31-17-41-33(34(40)53)35(43-31)42-24-5-7-25(8-6-24)48-19-39(20-48)21-49(22-39)26-9-10-28-29(16-26)38(56)50(37(28)55)30-11-12-32(52)44-36(30)54/h5-10,16-17,23,27,30H,3-4,11-15,18-22H2,1-2H3,(H2,40,53)(H,42,43)(H,44,52,54). The molecule has 4 fully saturated rings. The zero-order chi connectivity index (χ0) is 39.3. The van der Waals surface area contributed by atoms with E-state index in [4.69, 9.17) is 10.7 Å². The van der Waals surface area contributed by atoms with Gasteiger partial charge in [0.05, 0.1) is 17.3 Å². The number of piperidine rings is 2. The second-order valence-corrected chi connectivity index (χ2v) is 15.7. The average Bonchev–Trinajstić information content (AvgIpc) is 3.39. The third-order valence-corrected chi connectivity index (χ3v) is 11.5. The molecule has 3 aromatic rings. The number of likely N-dealkylation sites (N-methyl/N-ethyl adjacent to an activating group) is 1. The predicted molar refractivity (Wildman–Crippen MR) is 207 cm³/mol. The second-order valence-electron chi connectivity index (χ2n) is 15.7. The van der Waals surface area contributed by atoms with Crippen molar-refractivity contribution >= 4 is 64.6 Å². The van der Waals surface area contributed by atoms with E-state index in [0.717, 1.165) is 80.5 Å². The Balaban J connectivity index is 0.873. The van der Waals surface area contributed by atoms with Crippen molar-refractivity contribution in [2.45, 2.75) is 37.8 Å². The highest BCUT2D eigenvalue weighted by Gasteiger charge is 2.52. The Morgan fingerprint density at radius 1 is 0.946 bits per heavy atom. The molecule has 5 aliphatic heterocycles. The van der Waals surface area contributed by atoms with Gasteiger partial charge < -0.3 is 35.6 Å². The summed E-state index contributed by atoms with van der Waals surface area (Å²) in [5.74, 6) is -1.87. The fourth-order valence-corrected chi connectivity index (χ4v) is 8.51. The number of primary amides is 1. The Morgan fingerprint density at radius 3 is 2.32 bits per heavy atom. The summed E-state index contributed by atoms with van der Waals surface area (Å²) >= 11 is 0. The molecule has 0 bridgehead atoms. The molecule has 4 N–H and O–H groups in total. The maximum absolute atomic E-state index is 13.3. The summed E-state index contributed by atoms with van der Waals surface area (Å²) in [6.07, 6.45) is 4.47. The number of nitrogens with zero attached hydrogens (tertiary/aromatic N) is 8. The minimum absolute atomic E-state index is 0.0390. The molecule has 1 spiro atoms. The summed E-state index contributed by atoms with van der Waals surface area (Å²) in [7, 11) is 3.96. The van der Waals surface area contributed by atoms with Crippen molar-refractivity contribution in [3.63, 3.8) is 0 Å². The zero-order valence-corrected chi connectivity index (χ0v) is 31.4. The maximum Gasteiger partial charge on any atom is 0.271 e. The Kier molecular flexibility index (Phi) is 9.56. The smallest absolute Gasteiger partial charge is 0.271 e. The molecule has 6 amide bonds. The van der Waals surface area contributed by atoms with Gasteiger partial charge in [0.2, 0.25) is 18.2 Å². The molecule has 5 aliphatic rings. The van der Waals surface area contributed by atoms with E-state index in [-0.39, 0.29) is 46.9 Å². The van der Waals surface area contributed by atoms with E-state index >= 15 is 0 Å². The highest BCUT2D eigenvalue weighted by molar-refractivity contribution is 6.23. The quantitative estimate of drug-likeness (QED) is 0.175. The van der Waals surface area contributed by atoms with Crippen LogP contribution in [0.2, 0.25) is 0 Å². The van der Waals surface area contributed by atoms with Gasteiger partial charge in [0.15, 0.2) is 11.5 Å². The monoisotopic (exact) mass is 763 g/mol. The first-order valence-corrected chi connectivity index (χ1v) is 18.9. The number of imide groups is 2. The molecule has 2 aromatic carbocycles. The molecule has 56 heavy (non-hydrogen) atoms. The molecule has 292 valence electrons. The van der Waals surface area contributed by atoms with E-state index in [1.165, 1.54) is 0 Å². The number of nitrogens with two attached hydrogens (primary N) is 1. The van der Waals surface area contributed by atoms with Crippen LogP contribution >= 0.6 is 0 Å². The average molecular weight is 764 g/mol. The van der Waals surface area contributed by atoms with Gasteiger partial charge in [0, 0.05) is 87.3 Å². The largest absolute Gasteiger partial charge is 0.370 e. The van der Waals surface area contributed by atoms with Gasteiger partial charge in [-0.1, -0.05) is 0 Å². The Bertz CT molecular complexity index is 2090. The Labute approximate surface area is 323 Å². The SMILES string of the molecule is CN(C)CCN(C=O)C1CCCN(c2cnc(C(N)=O)c(Nc3ccc(N4CC5(C4)CN(c4ccc6c(c4)C(=O)N(C4CCC(=O)NC4=O)C6=O)C5)cc3)n2)C1. The molecule has 17 nitrogen and oxygen atoms in total. The lowest BCUT2D eigenvalue weighted by Gasteiger charge is -2.61. The first-order chi connectivity index (χ1) is 26.9. The van der Waals surface area contributed by atoms with Crippen LogP contribution in [-0.2, 0) is 14.4 Å². The maximum atomic E-state index is 13.3. The molecule has 1 aromatic heterocycles. The molecule has 2 unspecified atom stereocenters. The number of carbonyl (C=O) groups excluding carboxylic acids is 6. The van der Waals surface area contributed by atoms with Crippen LogP contribution in [0.4, 0.5) is 28.7 Å². The number of rotatable bonds is 12. The normalized spacial score (nSPS) is 21.5. The van der Waals surface area contributed by atoms with Gasteiger partial charge in [-0.15, -0.1) is 0 Å². The lowest BCUT2D eigenvalue weighted by molar-refractivity contribution is -0.136. The van der Waals surface area contributed by atoms with Gasteiger partial charge >= 0.3 is 0 Å². The van der Waals surface area contributed by atoms with Crippen LogP contribution in [0, 0.1) is 5.41 Å².